The van der Waals surface area contributed by atoms with Crippen LogP contribution in [-0.4, -0.2) is 44.0 Å². The maximum Gasteiger partial charge on any atom is 0.255 e. The Morgan fingerprint density at radius 3 is 2.63 bits per heavy atom. The van der Waals surface area contributed by atoms with Crippen molar-refractivity contribution in [3.8, 4) is 0 Å². The molecule has 0 fully saturated rings. The fraction of sp³-hybridized carbons (Fsp3) is 0.176. The monoisotopic (exact) mass is 441 g/mol. The Kier molecular flexibility index (Phi) is 5.78. The van der Waals surface area contributed by atoms with Crippen molar-refractivity contribution < 1.29 is 13.2 Å². The number of carbonyl (C=O) groups is 1. The van der Waals surface area contributed by atoms with E-state index in [1.807, 2.05) is 18.4 Å². The predicted octanol–water partition coefficient (Wildman–Crippen LogP) is 4.17. The number of hydrogen-bond donors (Lipinski definition) is 1. The molecular formula is C17H16ClN3O3S3. The van der Waals surface area contributed by atoms with Gasteiger partial charge in [0.2, 0.25) is 10.0 Å². The first-order valence-corrected chi connectivity index (χ1v) is 11.6. The summed E-state index contributed by atoms with van der Waals surface area (Å²) < 4.78 is 27.7. The van der Waals surface area contributed by atoms with Crippen LogP contribution < -0.4 is 5.32 Å². The van der Waals surface area contributed by atoms with E-state index in [1.165, 1.54) is 32.3 Å². The number of aromatic nitrogens is 1. The molecule has 6 nitrogen and oxygen atoms in total. The molecule has 0 radical (unpaired) electrons. The molecule has 27 heavy (non-hydrogen) atoms. The van der Waals surface area contributed by atoms with E-state index in [2.05, 4.69) is 10.3 Å². The van der Waals surface area contributed by atoms with Gasteiger partial charge in [0.05, 0.1) is 15.2 Å². The van der Waals surface area contributed by atoms with Crippen molar-refractivity contribution in [1.82, 2.24) is 9.29 Å². The van der Waals surface area contributed by atoms with E-state index in [4.69, 9.17) is 11.6 Å². The van der Waals surface area contributed by atoms with Gasteiger partial charge in [-0.05, 0) is 42.7 Å². The second kappa shape index (κ2) is 7.76. The summed E-state index contributed by atoms with van der Waals surface area (Å²) in [5.41, 5.74) is 1.68. The van der Waals surface area contributed by atoms with Crippen molar-refractivity contribution in [2.75, 3.05) is 25.7 Å². The lowest BCUT2D eigenvalue weighted by molar-refractivity contribution is 0.102. The quantitative estimate of drug-likeness (QED) is 0.601. The number of benzene rings is 2. The number of carbonyl (C=O) groups excluding carboxylic acids is 1. The van der Waals surface area contributed by atoms with E-state index in [1.54, 1.807) is 29.2 Å². The first-order chi connectivity index (χ1) is 12.7. The molecule has 142 valence electrons. The van der Waals surface area contributed by atoms with Crippen molar-refractivity contribution in [2.24, 2.45) is 0 Å². The Morgan fingerprint density at radius 2 is 1.96 bits per heavy atom. The maximum atomic E-state index is 12.6. The molecule has 1 heterocycles. The van der Waals surface area contributed by atoms with E-state index in [9.17, 15) is 13.2 Å². The summed E-state index contributed by atoms with van der Waals surface area (Å²) in [6.07, 6.45) is 1.96. The number of nitrogens with zero attached hydrogens (tertiary/aromatic N) is 2. The molecule has 10 heteroatoms. The predicted molar refractivity (Wildman–Crippen MR) is 112 cm³/mol. The van der Waals surface area contributed by atoms with E-state index in [-0.39, 0.29) is 15.5 Å². The van der Waals surface area contributed by atoms with Crippen LogP contribution in [0, 0.1) is 0 Å². The molecular weight excluding hydrogens is 426 g/mol. The molecule has 0 aliphatic carbocycles. The number of rotatable bonds is 5. The summed E-state index contributed by atoms with van der Waals surface area (Å²) in [5.74, 6) is -0.421. The third-order valence-electron chi connectivity index (χ3n) is 3.75. The molecule has 0 aliphatic heterocycles. The van der Waals surface area contributed by atoms with Gasteiger partial charge in [0.1, 0.15) is 4.90 Å². The van der Waals surface area contributed by atoms with Gasteiger partial charge in [0, 0.05) is 25.3 Å². The molecule has 0 spiro atoms. The molecule has 0 saturated heterocycles. The van der Waals surface area contributed by atoms with Crippen LogP contribution in [0.5, 0.6) is 0 Å². The Labute approximate surface area is 170 Å². The molecule has 0 aliphatic rings. The summed E-state index contributed by atoms with van der Waals surface area (Å²) >= 11 is 9.13. The van der Waals surface area contributed by atoms with Crippen LogP contribution in [0.25, 0.3) is 10.2 Å². The molecule has 1 aromatic heterocycles. The van der Waals surface area contributed by atoms with E-state index >= 15 is 0 Å². The summed E-state index contributed by atoms with van der Waals surface area (Å²) in [6.45, 7) is 0. The number of thioether (sulfide) groups is 1. The van der Waals surface area contributed by atoms with Gasteiger partial charge in [-0.1, -0.05) is 23.4 Å². The number of fused-ring (bicyclic) bond motifs is 1. The smallest absolute Gasteiger partial charge is 0.255 e. The van der Waals surface area contributed by atoms with Crippen molar-refractivity contribution in [2.45, 2.75) is 9.24 Å². The minimum absolute atomic E-state index is 0.0657. The van der Waals surface area contributed by atoms with Crippen molar-refractivity contribution in [1.29, 1.82) is 0 Å². The highest BCUT2D eigenvalue weighted by molar-refractivity contribution is 8.00. The summed E-state index contributed by atoms with van der Waals surface area (Å²) in [7, 11) is -0.936. The van der Waals surface area contributed by atoms with Gasteiger partial charge in [-0.2, -0.15) is 0 Å². The average Bonchev–Trinajstić information content (AvgIpc) is 3.04. The van der Waals surface area contributed by atoms with Crippen LogP contribution in [0.3, 0.4) is 0 Å². The van der Waals surface area contributed by atoms with Crippen LogP contribution in [0.2, 0.25) is 5.02 Å². The van der Waals surface area contributed by atoms with Crippen LogP contribution in [-0.2, 0) is 10.0 Å². The number of sulfonamides is 1. The third-order valence-corrected chi connectivity index (χ3v) is 8.05. The minimum Gasteiger partial charge on any atom is -0.322 e. The van der Waals surface area contributed by atoms with Gasteiger partial charge in [-0.3, -0.25) is 4.79 Å². The fourth-order valence-electron chi connectivity index (χ4n) is 2.31. The van der Waals surface area contributed by atoms with Crippen LogP contribution in [0.4, 0.5) is 5.69 Å². The highest BCUT2D eigenvalue weighted by Gasteiger charge is 2.22. The normalized spacial score (nSPS) is 11.9. The summed E-state index contributed by atoms with van der Waals surface area (Å²) in [6, 6.07) is 9.62. The van der Waals surface area contributed by atoms with E-state index in [0.29, 0.717) is 5.69 Å². The van der Waals surface area contributed by atoms with Gasteiger partial charge in [-0.15, -0.1) is 11.3 Å². The lowest BCUT2D eigenvalue weighted by Crippen LogP contribution is -2.23. The average molecular weight is 442 g/mol. The van der Waals surface area contributed by atoms with E-state index < -0.39 is 15.9 Å². The van der Waals surface area contributed by atoms with Crippen molar-refractivity contribution in [3.63, 3.8) is 0 Å². The minimum atomic E-state index is -3.75. The zero-order valence-electron chi connectivity index (χ0n) is 14.7. The number of amides is 1. The lowest BCUT2D eigenvalue weighted by atomic mass is 10.2. The largest absolute Gasteiger partial charge is 0.322 e. The Balaban J connectivity index is 1.90. The zero-order chi connectivity index (χ0) is 19.8. The van der Waals surface area contributed by atoms with Crippen LogP contribution >= 0.6 is 34.7 Å². The fourth-order valence-corrected chi connectivity index (χ4v) is 5.23. The lowest BCUT2D eigenvalue weighted by Gasteiger charge is -2.14. The van der Waals surface area contributed by atoms with Gasteiger partial charge < -0.3 is 5.32 Å². The maximum absolute atomic E-state index is 12.6. The number of nitrogens with one attached hydrogen (secondary N) is 1. The first-order valence-electron chi connectivity index (χ1n) is 7.70. The van der Waals surface area contributed by atoms with Crippen LogP contribution in [0.1, 0.15) is 10.4 Å². The molecule has 0 unspecified atom stereocenters. The SMILES string of the molecule is CSc1nc2ccc(NC(=O)c3ccc(Cl)c(S(=O)(=O)N(C)C)c3)cc2s1. The highest BCUT2D eigenvalue weighted by atomic mass is 35.5. The second-order valence-electron chi connectivity index (χ2n) is 5.75. The molecule has 3 aromatic rings. The van der Waals surface area contributed by atoms with Gasteiger partial charge in [-0.25, -0.2) is 17.7 Å². The molecule has 1 amide bonds. The third kappa shape index (κ3) is 4.12. The van der Waals surface area contributed by atoms with Crippen LogP contribution in [0.15, 0.2) is 45.6 Å². The molecule has 2 aromatic carbocycles. The van der Waals surface area contributed by atoms with Crippen molar-refractivity contribution >= 4 is 66.5 Å². The highest BCUT2D eigenvalue weighted by Crippen LogP contribution is 2.30. The Hall–Kier alpha value is -1.65. The van der Waals surface area contributed by atoms with Crippen molar-refractivity contribution in [3.05, 3.63) is 47.0 Å². The molecule has 0 saturated carbocycles. The summed E-state index contributed by atoms with van der Waals surface area (Å²) in [4.78, 5) is 16.9. The zero-order valence-corrected chi connectivity index (χ0v) is 17.9. The number of halogens is 1. The number of anilines is 1. The standard InChI is InChI=1S/C17H16ClN3O3S3/c1-21(2)27(23,24)15-8-10(4-6-12(15)18)16(22)19-11-5-7-13-14(9-11)26-17(20-13)25-3/h4-9H,1-3H3,(H,19,22). The molecule has 0 bridgehead atoms. The first kappa shape index (κ1) is 20.1. The number of hydrogen-bond acceptors (Lipinski definition) is 6. The van der Waals surface area contributed by atoms with Gasteiger partial charge in [0.15, 0.2) is 4.34 Å². The molecule has 1 N–H and O–H groups in total. The Morgan fingerprint density at radius 1 is 1.22 bits per heavy atom. The molecule has 3 rings (SSSR count). The topological polar surface area (TPSA) is 79.4 Å². The van der Waals surface area contributed by atoms with Gasteiger partial charge in [0.25, 0.3) is 5.91 Å². The Bertz CT molecular complexity index is 1130. The second-order valence-corrected chi connectivity index (χ2v) is 10.4. The number of thiazole rings is 1. The summed E-state index contributed by atoms with van der Waals surface area (Å²) in [5, 5.41) is 2.85. The molecule has 0 atom stereocenters. The van der Waals surface area contributed by atoms with Gasteiger partial charge >= 0.3 is 0 Å². The van der Waals surface area contributed by atoms with E-state index in [0.717, 1.165) is 18.9 Å².